The molecule has 4 rings (SSSR count). The molecule has 2 aliphatic carbocycles. The smallest absolute Gasteiger partial charge is 0.243 e. The van der Waals surface area contributed by atoms with Crippen LogP contribution in [0.15, 0.2) is 35.2 Å². The Bertz CT molecular complexity index is 773. The third-order valence-electron chi connectivity index (χ3n) is 6.80. The van der Waals surface area contributed by atoms with Gasteiger partial charge < -0.3 is 11.1 Å². The SMILES string of the molecule is NC1C2CCC(C2)C1C(=O)NCC1CCN(S(=O)(=O)c2ccccc2)CC1. The van der Waals surface area contributed by atoms with Gasteiger partial charge in [0, 0.05) is 25.7 Å². The highest BCUT2D eigenvalue weighted by Crippen LogP contribution is 2.47. The van der Waals surface area contributed by atoms with Crippen LogP contribution in [0.1, 0.15) is 32.1 Å². The summed E-state index contributed by atoms with van der Waals surface area (Å²) >= 11 is 0. The molecule has 2 saturated carbocycles. The maximum absolute atomic E-state index is 12.7. The number of piperidine rings is 1. The Kier molecular flexibility index (Phi) is 5.27. The van der Waals surface area contributed by atoms with E-state index in [-0.39, 0.29) is 17.9 Å². The van der Waals surface area contributed by atoms with Gasteiger partial charge >= 0.3 is 0 Å². The van der Waals surface area contributed by atoms with Crippen molar-refractivity contribution in [1.82, 2.24) is 9.62 Å². The first-order chi connectivity index (χ1) is 13.0. The molecule has 6 nitrogen and oxygen atoms in total. The molecular weight excluding hydrogens is 362 g/mol. The van der Waals surface area contributed by atoms with Crippen LogP contribution < -0.4 is 11.1 Å². The van der Waals surface area contributed by atoms with Crippen molar-refractivity contribution in [1.29, 1.82) is 0 Å². The molecule has 0 aromatic heterocycles. The summed E-state index contributed by atoms with van der Waals surface area (Å²) in [6, 6.07) is 8.60. The van der Waals surface area contributed by atoms with Gasteiger partial charge in [0.15, 0.2) is 0 Å². The monoisotopic (exact) mass is 391 g/mol. The summed E-state index contributed by atoms with van der Waals surface area (Å²) in [6.07, 6.45) is 4.95. The van der Waals surface area contributed by atoms with E-state index in [0.29, 0.717) is 42.3 Å². The zero-order valence-corrected chi connectivity index (χ0v) is 16.4. The minimum absolute atomic E-state index is 0.0154. The number of carbonyl (C=O) groups is 1. The minimum atomic E-state index is -3.41. The van der Waals surface area contributed by atoms with Gasteiger partial charge in [-0.1, -0.05) is 18.2 Å². The zero-order chi connectivity index (χ0) is 19.0. The fraction of sp³-hybridized carbons (Fsp3) is 0.650. The van der Waals surface area contributed by atoms with Gasteiger partial charge in [-0.2, -0.15) is 4.31 Å². The zero-order valence-electron chi connectivity index (χ0n) is 15.6. The Labute approximate surface area is 161 Å². The highest BCUT2D eigenvalue weighted by Gasteiger charge is 2.49. The molecule has 1 aromatic carbocycles. The van der Waals surface area contributed by atoms with Gasteiger partial charge in [-0.3, -0.25) is 4.79 Å². The highest BCUT2D eigenvalue weighted by molar-refractivity contribution is 7.89. The van der Waals surface area contributed by atoms with Gasteiger partial charge in [-0.15, -0.1) is 0 Å². The van der Waals surface area contributed by atoms with Gasteiger partial charge in [-0.25, -0.2) is 8.42 Å². The van der Waals surface area contributed by atoms with E-state index in [2.05, 4.69) is 5.32 Å². The molecule has 1 saturated heterocycles. The van der Waals surface area contributed by atoms with Crippen molar-refractivity contribution in [3.05, 3.63) is 30.3 Å². The molecule has 27 heavy (non-hydrogen) atoms. The first kappa shape index (κ1) is 18.9. The van der Waals surface area contributed by atoms with E-state index >= 15 is 0 Å². The molecule has 0 spiro atoms. The molecule has 4 atom stereocenters. The van der Waals surface area contributed by atoms with Gasteiger partial charge in [0.2, 0.25) is 15.9 Å². The quantitative estimate of drug-likeness (QED) is 0.797. The summed E-state index contributed by atoms with van der Waals surface area (Å²) in [5.74, 6) is 1.39. The van der Waals surface area contributed by atoms with Crippen molar-refractivity contribution in [2.24, 2.45) is 29.4 Å². The standard InChI is InChI=1S/C20H29N3O3S/c21-19-16-7-6-15(12-16)18(19)20(24)22-13-14-8-10-23(11-9-14)27(25,26)17-4-2-1-3-5-17/h1-5,14-16,18-19H,6-13,21H2,(H,22,24). The Morgan fingerprint density at radius 3 is 2.37 bits per heavy atom. The summed E-state index contributed by atoms with van der Waals surface area (Å²) in [7, 11) is -3.41. The Hall–Kier alpha value is -1.44. The summed E-state index contributed by atoms with van der Waals surface area (Å²) in [6.45, 7) is 1.63. The first-order valence-electron chi connectivity index (χ1n) is 10.1. The molecular formula is C20H29N3O3S. The minimum Gasteiger partial charge on any atom is -0.356 e. The molecule has 1 amide bonds. The van der Waals surface area contributed by atoms with Gasteiger partial charge in [0.25, 0.3) is 0 Å². The van der Waals surface area contributed by atoms with Gasteiger partial charge in [0.1, 0.15) is 0 Å². The van der Waals surface area contributed by atoms with Crippen LogP contribution in [0.25, 0.3) is 0 Å². The third kappa shape index (κ3) is 3.65. The van der Waals surface area contributed by atoms with E-state index in [9.17, 15) is 13.2 Å². The predicted octanol–water partition coefficient (Wildman–Crippen LogP) is 1.58. The third-order valence-corrected chi connectivity index (χ3v) is 8.72. The largest absolute Gasteiger partial charge is 0.356 e. The van der Waals surface area contributed by atoms with Gasteiger partial charge in [-0.05, 0) is 62.0 Å². The summed E-state index contributed by atoms with van der Waals surface area (Å²) in [4.78, 5) is 12.9. The molecule has 0 radical (unpaired) electrons. The van der Waals surface area contributed by atoms with Crippen molar-refractivity contribution < 1.29 is 13.2 Å². The van der Waals surface area contributed by atoms with Crippen LogP contribution in [0.4, 0.5) is 0 Å². The molecule has 4 unspecified atom stereocenters. The Morgan fingerprint density at radius 1 is 1.07 bits per heavy atom. The topological polar surface area (TPSA) is 92.5 Å². The van der Waals surface area contributed by atoms with Crippen molar-refractivity contribution in [2.45, 2.75) is 43.0 Å². The number of hydrogen-bond donors (Lipinski definition) is 2. The average molecular weight is 392 g/mol. The van der Waals surface area contributed by atoms with E-state index in [1.54, 1.807) is 28.6 Å². The van der Waals surface area contributed by atoms with E-state index < -0.39 is 10.0 Å². The predicted molar refractivity (Wildman–Crippen MR) is 103 cm³/mol. The van der Waals surface area contributed by atoms with Crippen molar-refractivity contribution in [3.63, 3.8) is 0 Å². The molecule has 7 heteroatoms. The lowest BCUT2D eigenvalue weighted by Crippen LogP contribution is -2.47. The summed E-state index contributed by atoms with van der Waals surface area (Å²) in [5, 5.41) is 3.11. The van der Waals surface area contributed by atoms with E-state index in [4.69, 9.17) is 5.73 Å². The maximum Gasteiger partial charge on any atom is 0.243 e. The van der Waals surface area contributed by atoms with Gasteiger partial charge in [0.05, 0.1) is 10.8 Å². The Balaban J connectivity index is 1.27. The van der Waals surface area contributed by atoms with Crippen LogP contribution in [0.3, 0.4) is 0 Å². The molecule has 2 bridgehead atoms. The fourth-order valence-corrected chi connectivity index (χ4v) is 6.67. The molecule has 3 fully saturated rings. The number of fused-ring (bicyclic) bond motifs is 2. The molecule has 1 aliphatic heterocycles. The van der Waals surface area contributed by atoms with Crippen LogP contribution in [-0.2, 0) is 14.8 Å². The number of benzene rings is 1. The van der Waals surface area contributed by atoms with Crippen LogP contribution in [0.5, 0.6) is 0 Å². The van der Waals surface area contributed by atoms with E-state index in [0.717, 1.165) is 25.7 Å². The molecule has 148 valence electrons. The number of amides is 1. The first-order valence-corrected chi connectivity index (χ1v) is 11.5. The number of rotatable bonds is 5. The molecule has 1 heterocycles. The fourth-order valence-electron chi connectivity index (χ4n) is 5.18. The molecule has 3 aliphatic rings. The normalized spacial score (nSPS) is 31.9. The Morgan fingerprint density at radius 2 is 1.74 bits per heavy atom. The second-order valence-corrected chi connectivity index (χ2v) is 10.3. The van der Waals surface area contributed by atoms with Crippen LogP contribution in [0, 0.1) is 23.7 Å². The molecule has 1 aromatic rings. The highest BCUT2D eigenvalue weighted by atomic mass is 32.2. The lowest BCUT2D eigenvalue weighted by Gasteiger charge is -2.32. The number of nitrogens with one attached hydrogen (secondary N) is 1. The lowest BCUT2D eigenvalue weighted by atomic mass is 9.84. The summed E-state index contributed by atoms with van der Waals surface area (Å²) < 4.78 is 26.9. The number of sulfonamides is 1. The second kappa shape index (κ2) is 7.53. The van der Waals surface area contributed by atoms with Crippen LogP contribution in [0.2, 0.25) is 0 Å². The summed E-state index contributed by atoms with van der Waals surface area (Å²) in [5.41, 5.74) is 6.26. The van der Waals surface area contributed by atoms with E-state index in [1.807, 2.05) is 6.07 Å². The number of hydrogen-bond acceptors (Lipinski definition) is 4. The van der Waals surface area contributed by atoms with E-state index in [1.165, 1.54) is 6.42 Å². The molecule has 3 N–H and O–H groups in total. The number of nitrogens with two attached hydrogens (primary N) is 1. The van der Waals surface area contributed by atoms with Crippen LogP contribution in [-0.4, -0.2) is 44.3 Å². The average Bonchev–Trinajstić information content (AvgIpc) is 3.28. The van der Waals surface area contributed by atoms with Crippen molar-refractivity contribution in [2.75, 3.05) is 19.6 Å². The second-order valence-electron chi connectivity index (χ2n) is 8.34. The van der Waals surface area contributed by atoms with Crippen molar-refractivity contribution >= 4 is 15.9 Å². The maximum atomic E-state index is 12.7. The van der Waals surface area contributed by atoms with Crippen molar-refractivity contribution in [3.8, 4) is 0 Å². The number of nitrogens with zero attached hydrogens (tertiary/aromatic N) is 1. The lowest BCUT2D eigenvalue weighted by molar-refractivity contribution is -0.127. The van der Waals surface area contributed by atoms with Crippen LogP contribution >= 0.6 is 0 Å². The number of carbonyl (C=O) groups excluding carboxylic acids is 1.